The van der Waals surface area contributed by atoms with Crippen LogP contribution < -0.4 is 10.6 Å². The van der Waals surface area contributed by atoms with Crippen molar-refractivity contribution in [3.05, 3.63) is 90.1 Å². The van der Waals surface area contributed by atoms with Crippen molar-refractivity contribution in [2.75, 3.05) is 24.2 Å². The lowest BCUT2D eigenvalue weighted by molar-refractivity contribution is 0.511. The van der Waals surface area contributed by atoms with Crippen LogP contribution in [0.5, 0.6) is 0 Å². The van der Waals surface area contributed by atoms with E-state index in [0.717, 1.165) is 12.5 Å². The van der Waals surface area contributed by atoms with Crippen LogP contribution in [0.2, 0.25) is 0 Å². The molecule has 0 atom stereocenters. The first kappa shape index (κ1) is 20.4. The van der Waals surface area contributed by atoms with E-state index in [4.69, 9.17) is 0 Å². The molecule has 0 unspecified atom stereocenters. The fraction of sp³-hybridized carbons (Fsp3) is 0.125. The fourth-order valence-corrected chi connectivity index (χ4v) is 3.24. The summed E-state index contributed by atoms with van der Waals surface area (Å²) in [6.07, 6.45) is 2.52. The molecule has 0 fully saturated rings. The zero-order valence-electron chi connectivity index (χ0n) is 16.9. The monoisotopic (exact) mass is 417 g/mol. The molecule has 4 rings (SSSR count). The maximum atomic E-state index is 14.2. The van der Waals surface area contributed by atoms with E-state index in [-0.39, 0.29) is 5.56 Å². The van der Waals surface area contributed by atoms with Crippen LogP contribution in [-0.2, 0) is 6.42 Å². The smallest absolute Gasteiger partial charge is 0.224 e. The highest BCUT2D eigenvalue weighted by Gasteiger charge is 2.14. The van der Waals surface area contributed by atoms with E-state index in [2.05, 4.69) is 37.7 Å². The second-order valence-electron chi connectivity index (χ2n) is 6.88. The van der Waals surface area contributed by atoms with Crippen LogP contribution in [0.15, 0.2) is 72.9 Å². The Morgan fingerprint density at radius 2 is 1.55 bits per heavy atom. The van der Waals surface area contributed by atoms with Gasteiger partial charge in [-0.2, -0.15) is 4.98 Å². The molecule has 0 saturated heterocycles. The van der Waals surface area contributed by atoms with Crippen LogP contribution in [0.4, 0.5) is 20.5 Å². The Morgan fingerprint density at radius 3 is 2.32 bits per heavy atom. The number of hydrogen-bond acceptors (Lipinski definition) is 5. The Balaban J connectivity index is 1.56. The predicted octanol–water partition coefficient (Wildman–Crippen LogP) is 5.18. The molecule has 0 spiro atoms. The topological polar surface area (TPSA) is 62.7 Å². The molecule has 0 radical (unpaired) electrons. The number of benzene rings is 2. The highest BCUT2D eigenvalue weighted by Crippen LogP contribution is 2.29. The molecule has 0 saturated carbocycles. The van der Waals surface area contributed by atoms with Crippen molar-refractivity contribution in [3.8, 4) is 22.5 Å². The number of nitrogens with one attached hydrogen (secondary N) is 2. The summed E-state index contributed by atoms with van der Waals surface area (Å²) in [6, 6.07) is 19.4. The summed E-state index contributed by atoms with van der Waals surface area (Å²) in [5.74, 6) is -0.747. The largest absolute Gasteiger partial charge is 0.372 e. The van der Waals surface area contributed by atoms with Gasteiger partial charge >= 0.3 is 0 Å². The maximum absolute atomic E-state index is 14.2. The third-order valence-corrected chi connectivity index (χ3v) is 4.82. The van der Waals surface area contributed by atoms with Crippen molar-refractivity contribution in [2.24, 2.45) is 0 Å². The van der Waals surface area contributed by atoms with Gasteiger partial charge in [0.1, 0.15) is 5.82 Å². The van der Waals surface area contributed by atoms with Gasteiger partial charge in [-0.15, -0.1) is 0 Å². The summed E-state index contributed by atoms with van der Waals surface area (Å²) in [5.41, 5.74) is 2.89. The van der Waals surface area contributed by atoms with E-state index in [9.17, 15) is 8.78 Å². The Labute approximate surface area is 179 Å². The molecule has 2 aromatic carbocycles. The molecule has 31 heavy (non-hydrogen) atoms. The third-order valence-electron chi connectivity index (χ3n) is 4.82. The number of halogens is 2. The molecular formula is C24H21F2N5. The van der Waals surface area contributed by atoms with Gasteiger partial charge in [-0.05, 0) is 36.2 Å². The number of anilines is 2. The molecule has 0 amide bonds. The quantitative estimate of drug-likeness (QED) is 0.434. The van der Waals surface area contributed by atoms with Crippen LogP contribution in [0, 0.1) is 11.6 Å². The first-order chi connectivity index (χ1) is 15.2. The minimum atomic E-state index is -0.921. The minimum Gasteiger partial charge on any atom is -0.372 e. The van der Waals surface area contributed by atoms with Gasteiger partial charge in [-0.1, -0.05) is 42.5 Å². The van der Waals surface area contributed by atoms with Crippen LogP contribution in [0.25, 0.3) is 22.5 Å². The number of aromatic nitrogens is 3. The van der Waals surface area contributed by atoms with E-state index in [1.807, 2.05) is 18.2 Å². The summed E-state index contributed by atoms with van der Waals surface area (Å²) < 4.78 is 27.8. The van der Waals surface area contributed by atoms with Crippen molar-refractivity contribution < 1.29 is 8.78 Å². The summed E-state index contributed by atoms with van der Waals surface area (Å²) in [5, 5.41) is 6.28. The standard InChI is InChI=1S/C24H21F2N5/c1-27-23-18(15-29-24(31-23)28-14-13-16-7-3-2-4-8-16)21-12-6-11-20(30-21)17-9-5-10-19(25)22(17)26/h2-12,15H,13-14H2,1H3,(H2,27,28,29,31). The van der Waals surface area contributed by atoms with Gasteiger partial charge in [0.2, 0.25) is 5.95 Å². The Kier molecular flexibility index (Phi) is 6.12. The Hall–Kier alpha value is -3.87. The van der Waals surface area contributed by atoms with Crippen molar-refractivity contribution in [1.82, 2.24) is 15.0 Å². The average molecular weight is 417 g/mol. The SMILES string of the molecule is CNc1nc(NCCc2ccccc2)ncc1-c1cccc(-c2cccc(F)c2F)n1. The first-order valence-electron chi connectivity index (χ1n) is 9.90. The number of rotatable bonds is 7. The lowest BCUT2D eigenvalue weighted by atomic mass is 10.1. The van der Waals surface area contributed by atoms with Gasteiger partial charge in [-0.25, -0.2) is 18.7 Å². The molecule has 4 aromatic rings. The molecule has 2 aromatic heterocycles. The molecular weight excluding hydrogens is 396 g/mol. The highest BCUT2D eigenvalue weighted by atomic mass is 19.2. The summed E-state index contributed by atoms with van der Waals surface area (Å²) in [7, 11) is 1.76. The van der Waals surface area contributed by atoms with E-state index in [1.165, 1.54) is 17.7 Å². The Bertz CT molecular complexity index is 1180. The zero-order chi connectivity index (χ0) is 21.6. The van der Waals surface area contributed by atoms with Gasteiger partial charge in [0, 0.05) is 25.4 Å². The van der Waals surface area contributed by atoms with Crippen LogP contribution in [0.1, 0.15) is 5.56 Å². The van der Waals surface area contributed by atoms with E-state index in [0.29, 0.717) is 35.3 Å². The first-order valence-corrected chi connectivity index (χ1v) is 9.90. The molecule has 0 aliphatic heterocycles. The van der Waals surface area contributed by atoms with E-state index in [1.54, 1.807) is 31.4 Å². The van der Waals surface area contributed by atoms with Crippen molar-refractivity contribution in [1.29, 1.82) is 0 Å². The van der Waals surface area contributed by atoms with Gasteiger partial charge in [-0.3, -0.25) is 0 Å². The summed E-state index contributed by atoms with van der Waals surface area (Å²) in [4.78, 5) is 13.4. The maximum Gasteiger partial charge on any atom is 0.224 e. The molecule has 0 bridgehead atoms. The third kappa shape index (κ3) is 4.66. The van der Waals surface area contributed by atoms with Crippen LogP contribution >= 0.6 is 0 Å². The van der Waals surface area contributed by atoms with Gasteiger partial charge < -0.3 is 10.6 Å². The fourth-order valence-electron chi connectivity index (χ4n) is 3.24. The molecule has 2 heterocycles. The summed E-state index contributed by atoms with van der Waals surface area (Å²) in [6.45, 7) is 0.694. The zero-order valence-corrected chi connectivity index (χ0v) is 16.9. The molecule has 0 aliphatic carbocycles. The van der Waals surface area contributed by atoms with Gasteiger partial charge in [0.25, 0.3) is 0 Å². The average Bonchev–Trinajstić information content (AvgIpc) is 2.81. The Morgan fingerprint density at radius 1 is 0.806 bits per heavy atom. The second-order valence-corrected chi connectivity index (χ2v) is 6.88. The predicted molar refractivity (Wildman–Crippen MR) is 119 cm³/mol. The molecule has 7 heteroatoms. The van der Waals surface area contributed by atoms with Gasteiger partial charge in [0.15, 0.2) is 11.6 Å². The van der Waals surface area contributed by atoms with Crippen LogP contribution in [-0.4, -0.2) is 28.5 Å². The van der Waals surface area contributed by atoms with E-state index >= 15 is 0 Å². The number of nitrogens with zero attached hydrogens (tertiary/aromatic N) is 3. The summed E-state index contributed by atoms with van der Waals surface area (Å²) >= 11 is 0. The normalized spacial score (nSPS) is 10.7. The lowest BCUT2D eigenvalue weighted by Crippen LogP contribution is -2.09. The van der Waals surface area contributed by atoms with Crippen molar-refractivity contribution >= 4 is 11.8 Å². The van der Waals surface area contributed by atoms with Crippen LogP contribution in [0.3, 0.4) is 0 Å². The number of hydrogen-bond donors (Lipinski definition) is 2. The van der Waals surface area contributed by atoms with Crippen molar-refractivity contribution in [3.63, 3.8) is 0 Å². The minimum absolute atomic E-state index is 0.105. The molecule has 156 valence electrons. The molecule has 0 aliphatic rings. The molecule has 5 nitrogen and oxygen atoms in total. The van der Waals surface area contributed by atoms with Gasteiger partial charge in [0.05, 0.1) is 17.0 Å². The lowest BCUT2D eigenvalue weighted by Gasteiger charge is -2.12. The van der Waals surface area contributed by atoms with Crippen molar-refractivity contribution in [2.45, 2.75) is 6.42 Å². The number of pyridine rings is 1. The highest BCUT2D eigenvalue weighted by molar-refractivity contribution is 5.74. The van der Waals surface area contributed by atoms with E-state index < -0.39 is 11.6 Å². The molecule has 2 N–H and O–H groups in total. The second kappa shape index (κ2) is 9.30.